The number of amides is 1. The number of anilines is 1. The SMILES string of the molecule is CN(C)c1ccc(C(=O)N2CCN(S(=O)(=O)N(C)C)CC2)cc1. The number of hydrogen-bond donors (Lipinski definition) is 0. The molecule has 1 aliphatic rings. The Morgan fingerprint density at radius 3 is 1.91 bits per heavy atom. The molecule has 0 atom stereocenters. The molecular formula is C15H24N4O3S. The highest BCUT2D eigenvalue weighted by Crippen LogP contribution is 2.16. The smallest absolute Gasteiger partial charge is 0.281 e. The van der Waals surface area contributed by atoms with Crippen LogP contribution in [-0.4, -0.2) is 82.2 Å². The molecule has 1 aromatic rings. The lowest BCUT2D eigenvalue weighted by atomic mass is 10.1. The summed E-state index contributed by atoms with van der Waals surface area (Å²) in [7, 11) is 3.51. The Morgan fingerprint density at radius 1 is 0.957 bits per heavy atom. The predicted molar refractivity (Wildman–Crippen MR) is 90.9 cm³/mol. The van der Waals surface area contributed by atoms with Crippen LogP contribution in [0.3, 0.4) is 0 Å². The molecule has 1 amide bonds. The maximum absolute atomic E-state index is 12.5. The minimum Gasteiger partial charge on any atom is -0.378 e. The summed E-state index contributed by atoms with van der Waals surface area (Å²) >= 11 is 0. The molecule has 1 fully saturated rings. The molecule has 0 saturated carbocycles. The molecular weight excluding hydrogens is 316 g/mol. The number of carbonyl (C=O) groups is 1. The van der Waals surface area contributed by atoms with E-state index in [0.717, 1.165) is 5.69 Å². The van der Waals surface area contributed by atoms with E-state index >= 15 is 0 Å². The topological polar surface area (TPSA) is 64.2 Å². The number of rotatable bonds is 4. The standard InChI is InChI=1S/C15H24N4O3S/c1-16(2)14-7-5-13(6-8-14)15(20)18-9-11-19(12-10-18)23(21,22)17(3)4/h5-8H,9-12H2,1-4H3. The van der Waals surface area contributed by atoms with Crippen molar-refractivity contribution in [1.29, 1.82) is 0 Å². The molecule has 0 radical (unpaired) electrons. The Hall–Kier alpha value is -1.64. The van der Waals surface area contributed by atoms with Gasteiger partial charge in [0.15, 0.2) is 0 Å². The van der Waals surface area contributed by atoms with Crippen LogP contribution in [0.15, 0.2) is 24.3 Å². The zero-order valence-electron chi connectivity index (χ0n) is 14.1. The van der Waals surface area contributed by atoms with E-state index < -0.39 is 10.2 Å². The highest BCUT2D eigenvalue weighted by atomic mass is 32.2. The molecule has 0 unspecified atom stereocenters. The van der Waals surface area contributed by atoms with Crippen LogP contribution in [0.25, 0.3) is 0 Å². The highest BCUT2D eigenvalue weighted by Gasteiger charge is 2.30. The number of carbonyl (C=O) groups excluding carboxylic acids is 1. The number of nitrogens with zero attached hydrogens (tertiary/aromatic N) is 4. The molecule has 1 aromatic carbocycles. The molecule has 7 nitrogen and oxygen atoms in total. The third kappa shape index (κ3) is 3.82. The van der Waals surface area contributed by atoms with Gasteiger partial charge in [0.25, 0.3) is 16.1 Å². The van der Waals surface area contributed by atoms with Crippen LogP contribution in [0.4, 0.5) is 5.69 Å². The van der Waals surface area contributed by atoms with Gasteiger partial charge in [-0.05, 0) is 24.3 Å². The zero-order valence-corrected chi connectivity index (χ0v) is 14.9. The van der Waals surface area contributed by atoms with Gasteiger partial charge in [-0.2, -0.15) is 17.0 Å². The van der Waals surface area contributed by atoms with Gasteiger partial charge in [-0.3, -0.25) is 4.79 Å². The van der Waals surface area contributed by atoms with Gasteiger partial charge in [0.05, 0.1) is 0 Å². The predicted octanol–water partition coefficient (Wildman–Crippen LogP) is 0.317. The van der Waals surface area contributed by atoms with Crippen molar-refractivity contribution in [1.82, 2.24) is 13.5 Å². The second-order valence-electron chi connectivity index (χ2n) is 5.92. The number of hydrogen-bond acceptors (Lipinski definition) is 4. The second kappa shape index (κ2) is 6.86. The number of benzene rings is 1. The first kappa shape index (κ1) is 17.7. The van der Waals surface area contributed by atoms with Gasteiger partial charge in [-0.1, -0.05) is 0 Å². The van der Waals surface area contributed by atoms with E-state index in [1.54, 1.807) is 17.0 Å². The zero-order chi connectivity index (χ0) is 17.2. The van der Waals surface area contributed by atoms with Crippen molar-refractivity contribution in [3.63, 3.8) is 0 Å². The quantitative estimate of drug-likeness (QED) is 0.792. The normalized spacial score (nSPS) is 16.7. The van der Waals surface area contributed by atoms with Gasteiger partial charge < -0.3 is 9.80 Å². The molecule has 1 saturated heterocycles. The summed E-state index contributed by atoms with van der Waals surface area (Å²) in [6.45, 7) is 1.45. The second-order valence-corrected chi connectivity index (χ2v) is 8.07. The van der Waals surface area contributed by atoms with Gasteiger partial charge in [-0.15, -0.1) is 0 Å². The molecule has 2 rings (SSSR count). The summed E-state index contributed by atoms with van der Waals surface area (Å²) in [5, 5.41) is 0. The number of piperazine rings is 1. The molecule has 0 N–H and O–H groups in total. The first-order valence-corrected chi connectivity index (χ1v) is 8.87. The summed E-state index contributed by atoms with van der Waals surface area (Å²) < 4.78 is 26.8. The lowest BCUT2D eigenvalue weighted by Gasteiger charge is -2.35. The minimum atomic E-state index is -3.41. The third-order valence-corrected chi connectivity index (χ3v) is 5.88. The van der Waals surface area contributed by atoms with Crippen molar-refractivity contribution >= 4 is 21.8 Å². The van der Waals surface area contributed by atoms with Crippen LogP contribution in [0.1, 0.15) is 10.4 Å². The van der Waals surface area contributed by atoms with Crippen LogP contribution in [-0.2, 0) is 10.2 Å². The van der Waals surface area contributed by atoms with E-state index in [1.807, 2.05) is 31.1 Å². The van der Waals surface area contributed by atoms with Crippen molar-refractivity contribution in [2.24, 2.45) is 0 Å². The molecule has 0 spiro atoms. The van der Waals surface area contributed by atoms with Gasteiger partial charge in [0, 0.05) is 65.6 Å². The van der Waals surface area contributed by atoms with Crippen LogP contribution >= 0.6 is 0 Å². The molecule has 23 heavy (non-hydrogen) atoms. The Kier molecular flexibility index (Phi) is 5.28. The lowest BCUT2D eigenvalue weighted by Crippen LogP contribution is -2.53. The van der Waals surface area contributed by atoms with Gasteiger partial charge in [0.2, 0.25) is 0 Å². The van der Waals surface area contributed by atoms with Crippen molar-refractivity contribution < 1.29 is 13.2 Å². The summed E-state index contributed by atoms with van der Waals surface area (Å²) in [6, 6.07) is 7.42. The average Bonchev–Trinajstić information content (AvgIpc) is 2.54. The van der Waals surface area contributed by atoms with Gasteiger partial charge >= 0.3 is 0 Å². The molecule has 0 bridgehead atoms. The van der Waals surface area contributed by atoms with Crippen molar-refractivity contribution in [3.8, 4) is 0 Å². The van der Waals surface area contributed by atoms with Crippen molar-refractivity contribution in [2.75, 3.05) is 59.3 Å². The maximum Gasteiger partial charge on any atom is 0.281 e. The van der Waals surface area contributed by atoms with Crippen LogP contribution in [0.2, 0.25) is 0 Å². The minimum absolute atomic E-state index is 0.0581. The molecule has 128 valence electrons. The Labute approximate surface area is 138 Å². The fourth-order valence-corrected chi connectivity index (χ4v) is 3.52. The van der Waals surface area contributed by atoms with Crippen LogP contribution in [0.5, 0.6) is 0 Å². The fraction of sp³-hybridized carbons (Fsp3) is 0.533. The van der Waals surface area contributed by atoms with Crippen molar-refractivity contribution in [3.05, 3.63) is 29.8 Å². The Morgan fingerprint density at radius 2 is 1.48 bits per heavy atom. The molecule has 8 heteroatoms. The molecule has 0 aliphatic carbocycles. The maximum atomic E-state index is 12.5. The van der Waals surface area contributed by atoms with E-state index in [4.69, 9.17) is 0 Å². The summed E-state index contributed by atoms with van der Waals surface area (Å²) in [5.74, 6) is -0.0581. The molecule has 1 aliphatic heterocycles. The van der Waals surface area contributed by atoms with E-state index in [-0.39, 0.29) is 5.91 Å². The molecule has 1 heterocycles. The largest absolute Gasteiger partial charge is 0.378 e. The van der Waals surface area contributed by atoms with E-state index in [1.165, 1.54) is 22.7 Å². The first-order valence-electron chi connectivity index (χ1n) is 7.47. The van der Waals surface area contributed by atoms with E-state index in [9.17, 15) is 13.2 Å². The fourth-order valence-electron chi connectivity index (χ4n) is 2.44. The van der Waals surface area contributed by atoms with Crippen LogP contribution in [0, 0.1) is 0 Å². The van der Waals surface area contributed by atoms with Crippen LogP contribution < -0.4 is 4.90 Å². The monoisotopic (exact) mass is 340 g/mol. The Bertz CT molecular complexity index is 648. The molecule has 0 aromatic heterocycles. The summed E-state index contributed by atoms with van der Waals surface area (Å²) in [5.41, 5.74) is 1.66. The third-order valence-electron chi connectivity index (χ3n) is 3.94. The summed E-state index contributed by atoms with van der Waals surface area (Å²) in [6.07, 6.45) is 0. The Balaban J connectivity index is 2.01. The van der Waals surface area contributed by atoms with Gasteiger partial charge in [-0.25, -0.2) is 0 Å². The van der Waals surface area contributed by atoms with E-state index in [0.29, 0.717) is 31.7 Å². The van der Waals surface area contributed by atoms with E-state index in [2.05, 4.69) is 0 Å². The highest BCUT2D eigenvalue weighted by molar-refractivity contribution is 7.86. The van der Waals surface area contributed by atoms with Gasteiger partial charge in [0.1, 0.15) is 0 Å². The lowest BCUT2D eigenvalue weighted by molar-refractivity contribution is 0.0695. The summed E-state index contributed by atoms with van der Waals surface area (Å²) in [4.78, 5) is 16.2. The average molecular weight is 340 g/mol. The van der Waals surface area contributed by atoms with Crippen molar-refractivity contribution in [2.45, 2.75) is 0 Å². The first-order chi connectivity index (χ1) is 10.7.